The maximum Gasteiger partial charge on any atom is 0.249 e. The van der Waals surface area contributed by atoms with Crippen LogP contribution in [0.1, 0.15) is 6.42 Å². The van der Waals surface area contributed by atoms with E-state index in [1.54, 1.807) is 12.3 Å². The number of fused-ring (bicyclic) bond motifs is 1. The summed E-state index contributed by atoms with van der Waals surface area (Å²) in [5, 5.41) is 15.5. The Morgan fingerprint density at radius 1 is 1.50 bits per heavy atom. The van der Waals surface area contributed by atoms with Crippen LogP contribution >= 0.6 is 0 Å². The first-order chi connectivity index (χ1) is 8.66. The number of aliphatic hydroxyl groups is 1. The maximum absolute atomic E-state index is 11.8. The van der Waals surface area contributed by atoms with Crippen molar-refractivity contribution in [3.8, 4) is 0 Å². The summed E-state index contributed by atoms with van der Waals surface area (Å²) in [6.07, 6.45) is 3.02. The van der Waals surface area contributed by atoms with Crippen LogP contribution in [0.3, 0.4) is 0 Å². The highest BCUT2D eigenvalue weighted by molar-refractivity contribution is 5.94. The lowest BCUT2D eigenvalue weighted by Gasteiger charge is -2.14. The minimum Gasteiger partial charge on any atom is -0.370 e. The molecule has 3 rings (SSSR count). The molecule has 3 aliphatic rings. The van der Waals surface area contributed by atoms with Crippen LogP contribution < -0.4 is 16.4 Å². The highest BCUT2D eigenvalue weighted by atomic mass is 16.3. The van der Waals surface area contributed by atoms with E-state index in [-0.39, 0.29) is 11.9 Å². The molecule has 2 atom stereocenters. The number of aliphatic hydroxyl groups excluding tert-OH is 1. The highest BCUT2D eigenvalue weighted by Crippen LogP contribution is 2.29. The topological polar surface area (TPSA) is 112 Å². The molecule has 0 spiro atoms. The molecule has 18 heavy (non-hydrogen) atoms. The van der Waals surface area contributed by atoms with Crippen LogP contribution in [0.25, 0.3) is 0 Å². The molecule has 0 aromatic heterocycles. The fourth-order valence-electron chi connectivity index (χ4n) is 2.36. The summed E-state index contributed by atoms with van der Waals surface area (Å²) in [4.78, 5) is 19.7. The molecular weight excluding hydrogens is 234 g/mol. The normalized spacial score (nSPS) is 34.4. The zero-order valence-corrected chi connectivity index (χ0v) is 9.55. The summed E-state index contributed by atoms with van der Waals surface area (Å²) in [7, 11) is 0. The first-order valence-corrected chi connectivity index (χ1v) is 5.69. The highest BCUT2D eigenvalue weighted by Gasteiger charge is 2.33. The van der Waals surface area contributed by atoms with Gasteiger partial charge in [-0.3, -0.25) is 9.79 Å². The van der Waals surface area contributed by atoms with Gasteiger partial charge in [0.2, 0.25) is 5.91 Å². The van der Waals surface area contributed by atoms with Crippen molar-refractivity contribution in [3.63, 3.8) is 0 Å². The van der Waals surface area contributed by atoms with Gasteiger partial charge in [-0.2, -0.15) is 0 Å². The zero-order valence-electron chi connectivity index (χ0n) is 9.55. The summed E-state index contributed by atoms with van der Waals surface area (Å²) in [6.45, 7) is 0.509. The molecule has 0 saturated carbocycles. The van der Waals surface area contributed by atoms with Gasteiger partial charge < -0.3 is 21.5 Å². The minimum absolute atomic E-state index is 0.119. The number of guanidine groups is 1. The molecule has 7 heteroatoms. The van der Waals surface area contributed by atoms with Crippen LogP contribution in [-0.4, -0.2) is 42.0 Å². The van der Waals surface area contributed by atoms with E-state index in [4.69, 9.17) is 5.73 Å². The van der Waals surface area contributed by atoms with Crippen LogP contribution in [0, 0.1) is 0 Å². The lowest BCUT2D eigenvalue weighted by atomic mass is 9.96. The first-order valence-electron chi connectivity index (χ1n) is 5.69. The molecule has 0 aliphatic carbocycles. The summed E-state index contributed by atoms with van der Waals surface area (Å²) < 4.78 is 0. The van der Waals surface area contributed by atoms with E-state index in [1.165, 1.54) is 0 Å². The second-order valence-corrected chi connectivity index (χ2v) is 4.27. The number of hydrogen-bond acceptors (Lipinski definition) is 6. The van der Waals surface area contributed by atoms with Crippen molar-refractivity contribution in [1.29, 1.82) is 0 Å². The van der Waals surface area contributed by atoms with E-state index in [0.717, 1.165) is 11.1 Å². The Morgan fingerprint density at radius 3 is 3.06 bits per heavy atom. The third-order valence-electron chi connectivity index (χ3n) is 3.16. The third-order valence-corrected chi connectivity index (χ3v) is 3.16. The SMILES string of the molecule is NC1=NC(O)/C(=C2\CCNC(=O)C3N=CC=C23)N1. The summed E-state index contributed by atoms with van der Waals surface area (Å²) in [5.41, 5.74) is 7.74. The smallest absolute Gasteiger partial charge is 0.249 e. The molecule has 1 amide bonds. The molecule has 0 aromatic rings. The molecule has 5 N–H and O–H groups in total. The molecule has 3 heterocycles. The number of aliphatic imine (C=N–C) groups is 2. The number of amides is 1. The van der Waals surface area contributed by atoms with Crippen LogP contribution in [0.15, 0.2) is 32.9 Å². The number of nitrogens with zero attached hydrogens (tertiary/aromatic N) is 2. The standard InChI is InChI=1S/C11H13N5O2/c12-11-15-8(10(18)16-11)6-2-4-14-9(17)7-5(6)1-3-13-7/h1,3,7,10,18H,2,4H2,(H,14,17)(H3,12,15,16)/b8-6-. The fourth-order valence-corrected chi connectivity index (χ4v) is 2.36. The van der Waals surface area contributed by atoms with Gasteiger partial charge in [0.1, 0.15) is 0 Å². The average Bonchev–Trinajstić information content (AvgIpc) is 2.88. The van der Waals surface area contributed by atoms with Crippen molar-refractivity contribution in [2.75, 3.05) is 6.54 Å². The Balaban J connectivity index is 2.02. The van der Waals surface area contributed by atoms with E-state index >= 15 is 0 Å². The van der Waals surface area contributed by atoms with Crippen LogP contribution in [0.4, 0.5) is 0 Å². The van der Waals surface area contributed by atoms with E-state index in [0.29, 0.717) is 18.7 Å². The van der Waals surface area contributed by atoms with Gasteiger partial charge in [-0.1, -0.05) is 0 Å². The Morgan fingerprint density at radius 2 is 2.33 bits per heavy atom. The maximum atomic E-state index is 11.8. The monoisotopic (exact) mass is 247 g/mol. The van der Waals surface area contributed by atoms with E-state index in [2.05, 4.69) is 20.6 Å². The van der Waals surface area contributed by atoms with Crippen molar-refractivity contribution in [2.45, 2.75) is 18.7 Å². The van der Waals surface area contributed by atoms with Gasteiger partial charge in [0.25, 0.3) is 0 Å². The van der Waals surface area contributed by atoms with Gasteiger partial charge in [0.05, 0.1) is 5.70 Å². The molecule has 3 aliphatic heterocycles. The average molecular weight is 247 g/mol. The molecule has 0 radical (unpaired) electrons. The Kier molecular flexibility index (Phi) is 2.41. The predicted octanol–water partition coefficient (Wildman–Crippen LogP) is -1.62. The quantitative estimate of drug-likeness (QED) is 0.412. The summed E-state index contributed by atoms with van der Waals surface area (Å²) >= 11 is 0. The third kappa shape index (κ3) is 1.60. The van der Waals surface area contributed by atoms with Gasteiger partial charge in [-0.25, -0.2) is 4.99 Å². The van der Waals surface area contributed by atoms with Crippen molar-refractivity contribution >= 4 is 18.1 Å². The molecule has 2 unspecified atom stereocenters. The molecule has 7 nitrogen and oxygen atoms in total. The fraction of sp³-hybridized carbons (Fsp3) is 0.364. The van der Waals surface area contributed by atoms with E-state index in [1.807, 2.05) is 0 Å². The largest absolute Gasteiger partial charge is 0.370 e. The minimum atomic E-state index is -0.990. The van der Waals surface area contributed by atoms with Gasteiger partial charge in [-0.05, 0) is 23.6 Å². The number of hydrogen-bond donors (Lipinski definition) is 4. The summed E-state index contributed by atoms with van der Waals surface area (Å²) in [5.74, 6) is 0.0663. The molecule has 0 aromatic carbocycles. The first kappa shape index (κ1) is 11.0. The predicted molar refractivity (Wildman–Crippen MR) is 65.8 cm³/mol. The van der Waals surface area contributed by atoms with E-state index < -0.39 is 12.3 Å². The van der Waals surface area contributed by atoms with Gasteiger partial charge in [0.15, 0.2) is 18.2 Å². The number of nitrogens with two attached hydrogens (primary N) is 1. The van der Waals surface area contributed by atoms with Crippen molar-refractivity contribution in [2.24, 2.45) is 15.7 Å². The molecule has 0 bridgehead atoms. The number of rotatable bonds is 0. The second-order valence-electron chi connectivity index (χ2n) is 4.27. The molecule has 94 valence electrons. The second kappa shape index (κ2) is 3.95. The zero-order chi connectivity index (χ0) is 12.7. The summed E-state index contributed by atoms with van der Waals surface area (Å²) in [6, 6.07) is -0.522. The van der Waals surface area contributed by atoms with Crippen molar-refractivity contribution in [3.05, 3.63) is 22.9 Å². The van der Waals surface area contributed by atoms with Crippen LogP contribution in [-0.2, 0) is 4.79 Å². The van der Waals surface area contributed by atoms with Crippen molar-refractivity contribution in [1.82, 2.24) is 10.6 Å². The van der Waals surface area contributed by atoms with Gasteiger partial charge >= 0.3 is 0 Å². The lowest BCUT2D eigenvalue weighted by Crippen LogP contribution is -2.31. The Hall–Kier alpha value is -2.15. The van der Waals surface area contributed by atoms with Gasteiger partial charge in [-0.15, -0.1) is 0 Å². The Bertz CT molecular complexity index is 532. The van der Waals surface area contributed by atoms with Crippen molar-refractivity contribution < 1.29 is 9.90 Å². The number of carbonyl (C=O) groups excluding carboxylic acids is 1. The van der Waals surface area contributed by atoms with Gasteiger partial charge in [0, 0.05) is 12.8 Å². The Labute approximate surface area is 103 Å². The van der Waals surface area contributed by atoms with Crippen LogP contribution in [0.2, 0.25) is 0 Å². The molecular formula is C11H13N5O2. The van der Waals surface area contributed by atoms with E-state index in [9.17, 15) is 9.90 Å². The number of allylic oxidation sites excluding steroid dienone is 1. The van der Waals surface area contributed by atoms with Crippen LogP contribution in [0.5, 0.6) is 0 Å². The lowest BCUT2D eigenvalue weighted by molar-refractivity contribution is -0.121. The molecule has 1 fully saturated rings. The molecule has 1 saturated heterocycles. The number of nitrogens with one attached hydrogen (secondary N) is 2. The number of carbonyl (C=O) groups is 1.